The Morgan fingerprint density at radius 2 is 0.514 bits per heavy atom. The molecule has 0 aliphatic heterocycles. The molecule has 0 amide bonds. The van der Waals surface area contributed by atoms with Gasteiger partial charge in [-0.3, -0.25) is 14.4 Å². The Balaban J connectivity index is 4.43. The molecule has 0 aliphatic carbocycles. The van der Waals surface area contributed by atoms with Gasteiger partial charge in [0.2, 0.25) is 0 Å². The largest absolute Gasteiger partial charge is 0.462 e. The minimum absolute atomic E-state index is 0.0873. The van der Waals surface area contributed by atoms with Gasteiger partial charge in [0.25, 0.3) is 0 Å². The molecule has 0 rings (SSSR count). The zero-order valence-electron chi connectivity index (χ0n) is 47.9. The first kappa shape index (κ1) is 69.1. The molecule has 0 aromatic rings. The number of rotatable bonds is 57. The lowest BCUT2D eigenvalue weighted by Gasteiger charge is -2.18. The van der Waals surface area contributed by atoms with Gasteiger partial charge in [0.15, 0.2) is 6.10 Å². The van der Waals surface area contributed by atoms with Crippen molar-refractivity contribution in [3.63, 3.8) is 0 Å². The molecule has 0 saturated carbocycles. The lowest BCUT2D eigenvalue weighted by Crippen LogP contribution is -2.30. The van der Waals surface area contributed by atoms with Crippen LogP contribution in [0.1, 0.15) is 323 Å². The van der Waals surface area contributed by atoms with Gasteiger partial charge in [0, 0.05) is 19.3 Å². The molecular weight excluding hydrogens is 889 g/mol. The zero-order valence-corrected chi connectivity index (χ0v) is 47.9. The summed E-state index contributed by atoms with van der Waals surface area (Å²) in [7, 11) is 0. The highest BCUT2D eigenvalue weighted by molar-refractivity contribution is 5.71. The Kier molecular flexibility index (Phi) is 58.2. The first-order chi connectivity index (χ1) is 35.5. The van der Waals surface area contributed by atoms with E-state index in [0.29, 0.717) is 19.3 Å². The molecule has 72 heavy (non-hydrogen) atoms. The van der Waals surface area contributed by atoms with Crippen LogP contribution < -0.4 is 0 Å². The number of carbonyl (C=O) groups excluding carboxylic acids is 3. The molecule has 6 heteroatoms. The van der Waals surface area contributed by atoms with Crippen LogP contribution in [-0.2, 0) is 28.6 Å². The summed E-state index contributed by atoms with van der Waals surface area (Å²) < 4.78 is 16.9. The molecule has 0 spiro atoms. The molecular formula is C66H118O6. The number of allylic oxidation sites excluding steroid dienone is 10. The second kappa shape index (κ2) is 60.7. The molecule has 0 aromatic carbocycles. The maximum atomic E-state index is 12.9. The molecule has 418 valence electrons. The third-order valence-corrected chi connectivity index (χ3v) is 13.8. The summed E-state index contributed by atoms with van der Waals surface area (Å²) in [6.07, 6.45) is 76.4. The van der Waals surface area contributed by atoms with Crippen molar-refractivity contribution >= 4 is 17.9 Å². The van der Waals surface area contributed by atoms with E-state index in [1.807, 2.05) is 0 Å². The van der Waals surface area contributed by atoms with Crippen LogP contribution in [0.3, 0.4) is 0 Å². The van der Waals surface area contributed by atoms with Gasteiger partial charge in [0.05, 0.1) is 0 Å². The Labute approximate surface area is 447 Å². The van der Waals surface area contributed by atoms with Gasteiger partial charge in [-0.1, -0.05) is 268 Å². The van der Waals surface area contributed by atoms with Crippen LogP contribution in [0.25, 0.3) is 0 Å². The van der Waals surface area contributed by atoms with E-state index >= 15 is 0 Å². The number of unbranched alkanes of at least 4 members (excludes halogenated alkanes) is 38. The van der Waals surface area contributed by atoms with E-state index in [0.717, 1.165) is 96.3 Å². The lowest BCUT2D eigenvalue weighted by molar-refractivity contribution is -0.167. The average molecular weight is 1010 g/mol. The topological polar surface area (TPSA) is 78.9 Å². The van der Waals surface area contributed by atoms with Crippen molar-refractivity contribution in [2.24, 2.45) is 0 Å². The first-order valence-electron chi connectivity index (χ1n) is 31.3. The summed E-state index contributed by atoms with van der Waals surface area (Å²) in [6.45, 7) is 6.63. The highest BCUT2D eigenvalue weighted by Gasteiger charge is 2.19. The fourth-order valence-electron chi connectivity index (χ4n) is 9.02. The van der Waals surface area contributed by atoms with Gasteiger partial charge in [-0.2, -0.15) is 0 Å². The highest BCUT2D eigenvalue weighted by atomic mass is 16.6. The predicted molar refractivity (Wildman–Crippen MR) is 312 cm³/mol. The van der Waals surface area contributed by atoms with Crippen LogP contribution in [0.15, 0.2) is 60.8 Å². The second-order valence-corrected chi connectivity index (χ2v) is 21.0. The molecule has 0 radical (unpaired) electrons. The molecule has 0 N–H and O–H groups in total. The second-order valence-electron chi connectivity index (χ2n) is 21.0. The fourth-order valence-corrected chi connectivity index (χ4v) is 9.02. The molecule has 6 nitrogen and oxygen atoms in total. The first-order valence-corrected chi connectivity index (χ1v) is 31.3. The van der Waals surface area contributed by atoms with Crippen molar-refractivity contribution in [2.45, 2.75) is 329 Å². The normalized spacial score (nSPS) is 12.4. The quantitative estimate of drug-likeness (QED) is 0.0199. The van der Waals surface area contributed by atoms with Gasteiger partial charge < -0.3 is 14.2 Å². The molecule has 0 saturated heterocycles. The van der Waals surface area contributed by atoms with Crippen LogP contribution in [-0.4, -0.2) is 37.2 Å². The van der Waals surface area contributed by atoms with E-state index in [-0.39, 0.29) is 31.1 Å². The fraction of sp³-hybridized carbons (Fsp3) is 0.803. The summed E-state index contributed by atoms with van der Waals surface area (Å²) in [5.41, 5.74) is 0. The zero-order chi connectivity index (χ0) is 52.2. The van der Waals surface area contributed by atoms with Crippen molar-refractivity contribution in [1.29, 1.82) is 0 Å². The molecule has 0 heterocycles. The van der Waals surface area contributed by atoms with Gasteiger partial charge in [-0.25, -0.2) is 0 Å². The van der Waals surface area contributed by atoms with Crippen molar-refractivity contribution < 1.29 is 28.6 Å². The predicted octanol–water partition coefficient (Wildman–Crippen LogP) is 21.2. The molecule has 0 aromatic heterocycles. The summed E-state index contributed by atoms with van der Waals surface area (Å²) in [4.78, 5) is 38.3. The monoisotopic (exact) mass is 1010 g/mol. The van der Waals surface area contributed by atoms with E-state index in [1.165, 1.54) is 186 Å². The Morgan fingerprint density at radius 3 is 0.806 bits per heavy atom. The van der Waals surface area contributed by atoms with E-state index in [2.05, 4.69) is 81.5 Å². The maximum absolute atomic E-state index is 12.9. The summed E-state index contributed by atoms with van der Waals surface area (Å²) in [5.74, 6) is -0.908. The van der Waals surface area contributed by atoms with E-state index < -0.39 is 6.10 Å². The van der Waals surface area contributed by atoms with Crippen molar-refractivity contribution in [3.8, 4) is 0 Å². The van der Waals surface area contributed by atoms with Crippen LogP contribution in [0.4, 0.5) is 0 Å². The van der Waals surface area contributed by atoms with Crippen LogP contribution in [0, 0.1) is 0 Å². The molecule has 0 aliphatic rings. The minimum atomic E-state index is -0.791. The highest BCUT2D eigenvalue weighted by Crippen LogP contribution is 2.16. The summed E-state index contributed by atoms with van der Waals surface area (Å²) >= 11 is 0. The van der Waals surface area contributed by atoms with Crippen LogP contribution >= 0.6 is 0 Å². The maximum Gasteiger partial charge on any atom is 0.306 e. The Morgan fingerprint density at radius 1 is 0.278 bits per heavy atom. The SMILES string of the molecule is CCCCCCC\C=C/C=C\C=C/CCCCCCCC(=O)OCC(COC(=O)CCCCCCC/C=C\CCCCCCCCCCC)OC(=O)CCCCCCC/C=C\CCCCCCCCCCC. The molecule has 0 bridgehead atoms. The Bertz CT molecular complexity index is 1290. The standard InChI is InChI=1S/C66H118O6/c1-4-7-10-13-16-19-22-25-28-31-34-37-40-43-46-49-52-55-58-64(67)70-61-63(72-66(69)60-57-54-51-48-45-42-39-36-33-30-27-24-21-18-15-12-9-6-3)62-71-65(68)59-56-53-50-47-44-41-38-35-32-29-26-23-20-17-14-11-8-5-2/h22,25,28,31,34-39,63H,4-21,23-24,26-27,29-30,32-33,40-62H2,1-3H3/b25-22-,31-28-,37-34-,38-35-,39-36-. The number of hydrogen-bond donors (Lipinski definition) is 0. The third kappa shape index (κ3) is 58.0. The number of ether oxygens (including phenoxy) is 3. The van der Waals surface area contributed by atoms with E-state index in [1.54, 1.807) is 0 Å². The van der Waals surface area contributed by atoms with Gasteiger partial charge in [0.1, 0.15) is 13.2 Å². The van der Waals surface area contributed by atoms with Gasteiger partial charge in [-0.15, -0.1) is 0 Å². The lowest BCUT2D eigenvalue weighted by atomic mass is 10.1. The molecule has 1 atom stereocenters. The number of hydrogen-bond acceptors (Lipinski definition) is 6. The van der Waals surface area contributed by atoms with Crippen LogP contribution in [0.2, 0.25) is 0 Å². The van der Waals surface area contributed by atoms with Gasteiger partial charge in [-0.05, 0) is 96.3 Å². The van der Waals surface area contributed by atoms with Crippen molar-refractivity contribution in [3.05, 3.63) is 60.8 Å². The number of carbonyl (C=O) groups is 3. The van der Waals surface area contributed by atoms with Gasteiger partial charge >= 0.3 is 17.9 Å². The Hall–Kier alpha value is -2.89. The van der Waals surface area contributed by atoms with Crippen molar-refractivity contribution in [1.82, 2.24) is 0 Å². The third-order valence-electron chi connectivity index (χ3n) is 13.8. The minimum Gasteiger partial charge on any atom is -0.462 e. The summed E-state index contributed by atoms with van der Waals surface area (Å²) in [6, 6.07) is 0. The van der Waals surface area contributed by atoms with Crippen LogP contribution in [0.5, 0.6) is 0 Å². The average Bonchev–Trinajstić information content (AvgIpc) is 3.38. The summed E-state index contributed by atoms with van der Waals surface area (Å²) in [5, 5.41) is 0. The van der Waals surface area contributed by atoms with Crippen molar-refractivity contribution in [2.75, 3.05) is 13.2 Å². The van der Waals surface area contributed by atoms with E-state index in [4.69, 9.17) is 14.2 Å². The van der Waals surface area contributed by atoms with E-state index in [9.17, 15) is 14.4 Å². The molecule has 0 fully saturated rings. The molecule has 1 unspecified atom stereocenters. The number of esters is 3. The smallest absolute Gasteiger partial charge is 0.306 e.